The molecule has 102 valence electrons. The van der Waals surface area contributed by atoms with Gasteiger partial charge in [-0.3, -0.25) is 14.3 Å². The molecule has 2 rings (SSSR count). The minimum atomic E-state index is -0.726. The molecule has 0 radical (unpaired) electrons. The van der Waals surface area contributed by atoms with Crippen LogP contribution < -0.4 is 20.7 Å². The standard InChI is InChI=1S/C13H11N3O4/c1-19-9-3-4-11(20-2)10(5-9)16-7-8(6-14)12(17)15-13(16)18/h3-5,7H,1-2H3,(H,15,17,18). The molecule has 0 aliphatic heterocycles. The third-order valence-electron chi connectivity index (χ3n) is 2.71. The normalized spacial score (nSPS) is 9.85. The maximum atomic E-state index is 11.9. The molecule has 7 nitrogen and oxygen atoms in total. The second-order valence-corrected chi connectivity index (χ2v) is 3.82. The summed E-state index contributed by atoms with van der Waals surface area (Å²) >= 11 is 0. The molecular formula is C13H11N3O4. The highest BCUT2D eigenvalue weighted by Crippen LogP contribution is 2.26. The van der Waals surface area contributed by atoms with E-state index in [1.54, 1.807) is 24.3 Å². The largest absolute Gasteiger partial charge is 0.497 e. The molecule has 0 fully saturated rings. The molecule has 1 N–H and O–H groups in total. The number of hydrogen-bond donors (Lipinski definition) is 1. The van der Waals surface area contributed by atoms with E-state index < -0.39 is 11.2 Å². The fourth-order valence-corrected chi connectivity index (χ4v) is 1.71. The zero-order valence-corrected chi connectivity index (χ0v) is 10.8. The summed E-state index contributed by atoms with van der Waals surface area (Å²) in [6.07, 6.45) is 1.17. The first-order valence-corrected chi connectivity index (χ1v) is 5.59. The fraction of sp³-hybridized carbons (Fsp3) is 0.154. The summed E-state index contributed by atoms with van der Waals surface area (Å²) < 4.78 is 11.4. The van der Waals surface area contributed by atoms with Crippen molar-refractivity contribution in [3.63, 3.8) is 0 Å². The number of ether oxygens (including phenoxy) is 2. The average Bonchev–Trinajstić information content (AvgIpc) is 2.47. The van der Waals surface area contributed by atoms with E-state index in [-0.39, 0.29) is 5.56 Å². The van der Waals surface area contributed by atoms with Gasteiger partial charge in [0.2, 0.25) is 0 Å². The highest BCUT2D eigenvalue weighted by atomic mass is 16.5. The smallest absolute Gasteiger partial charge is 0.333 e. The summed E-state index contributed by atoms with van der Waals surface area (Å²) in [4.78, 5) is 25.3. The maximum absolute atomic E-state index is 11.9. The van der Waals surface area contributed by atoms with Gasteiger partial charge in [-0.15, -0.1) is 0 Å². The number of H-pyrrole nitrogens is 1. The Hall–Kier alpha value is -3.01. The van der Waals surface area contributed by atoms with Crippen molar-refractivity contribution in [3.8, 4) is 23.3 Å². The molecule has 20 heavy (non-hydrogen) atoms. The summed E-state index contributed by atoms with van der Waals surface area (Å²) in [6, 6.07) is 6.59. The predicted molar refractivity (Wildman–Crippen MR) is 70.5 cm³/mol. The minimum Gasteiger partial charge on any atom is -0.497 e. The Kier molecular flexibility index (Phi) is 3.57. The lowest BCUT2D eigenvalue weighted by Crippen LogP contribution is -2.30. The monoisotopic (exact) mass is 273 g/mol. The van der Waals surface area contributed by atoms with Crippen molar-refractivity contribution < 1.29 is 9.47 Å². The Labute approximate surface area is 113 Å². The van der Waals surface area contributed by atoms with Gasteiger partial charge >= 0.3 is 5.69 Å². The van der Waals surface area contributed by atoms with Gasteiger partial charge in [-0.1, -0.05) is 0 Å². The number of rotatable bonds is 3. The van der Waals surface area contributed by atoms with Gasteiger partial charge in [0.05, 0.1) is 19.9 Å². The molecule has 0 aliphatic carbocycles. The third-order valence-corrected chi connectivity index (χ3v) is 2.71. The summed E-state index contributed by atoms with van der Waals surface area (Å²) in [6.45, 7) is 0. The van der Waals surface area contributed by atoms with Crippen LogP contribution in [0.1, 0.15) is 5.56 Å². The Balaban J connectivity index is 2.77. The van der Waals surface area contributed by atoms with Crippen LogP contribution in [-0.2, 0) is 0 Å². The van der Waals surface area contributed by atoms with E-state index in [1.165, 1.54) is 20.4 Å². The van der Waals surface area contributed by atoms with Crippen LogP contribution in [0.4, 0.5) is 0 Å². The molecule has 0 unspecified atom stereocenters. The van der Waals surface area contributed by atoms with Gasteiger partial charge < -0.3 is 9.47 Å². The number of nitrogens with zero attached hydrogens (tertiary/aromatic N) is 2. The third kappa shape index (κ3) is 2.27. The Morgan fingerprint density at radius 3 is 2.60 bits per heavy atom. The highest BCUT2D eigenvalue weighted by Gasteiger charge is 2.11. The second-order valence-electron chi connectivity index (χ2n) is 3.82. The number of methoxy groups -OCH3 is 2. The quantitative estimate of drug-likeness (QED) is 0.873. The van der Waals surface area contributed by atoms with Crippen LogP contribution in [0.2, 0.25) is 0 Å². The van der Waals surface area contributed by atoms with Crippen LogP contribution >= 0.6 is 0 Å². The summed E-state index contributed by atoms with van der Waals surface area (Å²) in [5, 5.41) is 8.87. The van der Waals surface area contributed by atoms with E-state index in [2.05, 4.69) is 4.98 Å². The molecule has 7 heteroatoms. The van der Waals surface area contributed by atoms with Crippen molar-refractivity contribution in [2.24, 2.45) is 0 Å². The number of nitriles is 1. The van der Waals surface area contributed by atoms with Crippen LogP contribution in [0, 0.1) is 11.3 Å². The van der Waals surface area contributed by atoms with E-state index in [1.807, 2.05) is 0 Å². The first-order chi connectivity index (χ1) is 9.60. The van der Waals surface area contributed by atoms with Crippen molar-refractivity contribution in [2.75, 3.05) is 14.2 Å². The van der Waals surface area contributed by atoms with Gasteiger partial charge in [0.15, 0.2) is 0 Å². The molecule has 0 amide bonds. The molecule has 1 aromatic heterocycles. The molecular weight excluding hydrogens is 262 g/mol. The van der Waals surface area contributed by atoms with Gasteiger partial charge in [-0.2, -0.15) is 5.26 Å². The van der Waals surface area contributed by atoms with Crippen molar-refractivity contribution >= 4 is 0 Å². The van der Waals surface area contributed by atoms with Crippen LogP contribution in [0.15, 0.2) is 34.0 Å². The molecule has 0 bridgehead atoms. The Morgan fingerprint density at radius 2 is 2.00 bits per heavy atom. The SMILES string of the molecule is COc1ccc(OC)c(-n2cc(C#N)c(=O)[nH]c2=O)c1. The topological polar surface area (TPSA) is 97.1 Å². The maximum Gasteiger partial charge on any atom is 0.333 e. The molecule has 1 aromatic carbocycles. The first-order valence-electron chi connectivity index (χ1n) is 5.59. The number of aromatic nitrogens is 2. The molecule has 1 heterocycles. The van der Waals surface area contributed by atoms with Crippen LogP contribution in [0.25, 0.3) is 5.69 Å². The highest BCUT2D eigenvalue weighted by molar-refractivity contribution is 5.51. The summed E-state index contributed by atoms with van der Waals surface area (Å²) in [5.41, 5.74) is -1.20. The van der Waals surface area contributed by atoms with Crippen LogP contribution in [0.5, 0.6) is 11.5 Å². The zero-order valence-electron chi connectivity index (χ0n) is 10.8. The van der Waals surface area contributed by atoms with Crippen molar-refractivity contribution in [2.45, 2.75) is 0 Å². The van der Waals surface area contributed by atoms with Crippen molar-refractivity contribution in [1.29, 1.82) is 5.26 Å². The van der Waals surface area contributed by atoms with E-state index >= 15 is 0 Å². The van der Waals surface area contributed by atoms with Crippen LogP contribution in [-0.4, -0.2) is 23.8 Å². The number of hydrogen-bond acceptors (Lipinski definition) is 5. The van der Waals surface area contributed by atoms with Gasteiger partial charge in [0.1, 0.15) is 23.1 Å². The fourth-order valence-electron chi connectivity index (χ4n) is 1.71. The van der Waals surface area contributed by atoms with E-state index in [0.29, 0.717) is 17.2 Å². The lowest BCUT2D eigenvalue weighted by Gasteiger charge is -2.12. The van der Waals surface area contributed by atoms with Gasteiger partial charge in [0, 0.05) is 12.3 Å². The first kappa shape index (κ1) is 13.4. The number of nitrogens with one attached hydrogen (secondary N) is 1. The van der Waals surface area contributed by atoms with E-state index in [0.717, 1.165) is 4.57 Å². The lowest BCUT2D eigenvalue weighted by atomic mass is 10.2. The molecule has 0 spiro atoms. The molecule has 0 aliphatic rings. The average molecular weight is 273 g/mol. The predicted octanol–water partition coefficient (Wildman–Crippen LogP) is 0.415. The molecule has 0 atom stereocenters. The molecule has 2 aromatic rings. The minimum absolute atomic E-state index is 0.172. The Bertz CT molecular complexity index is 798. The van der Waals surface area contributed by atoms with Crippen molar-refractivity contribution in [1.82, 2.24) is 9.55 Å². The molecule has 0 saturated carbocycles. The van der Waals surface area contributed by atoms with Gasteiger partial charge in [-0.25, -0.2) is 4.79 Å². The van der Waals surface area contributed by atoms with Crippen molar-refractivity contribution in [3.05, 3.63) is 50.8 Å². The van der Waals surface area contributed by atoms with E-state index in [9.17, 15) is 9.59 Å². The Morgan fingerprint density at radius 1 is 1.25 bits per heavy atom. The zero-order chi connectivity index (χ0) is 14.7. The lowest BCUT2D eigenvalue weighted by molar-refractivity contribution is 0.401. The number of aromatic amines is 1. The second kappa shape index (κ2) is 5.32. The van der Waals surface area contributed by atoms with Gasteiger partial charge in [0.25, 0.3) is 5.56 Å². The van der Waals surface area contributed by atoms with E-state index in [4.69, 9.17) is 14.7 Å². The summed E-state index contributed by atoms with van der Waals surface area (Å²) in [5.74, 6) is 0.918. The van der Waals surface area contributed by atoms with Crippen LogP contribution in [0.3, 0.4) is 0 Å². The number of benzene rings is 1. The summed E-state index contributed by atoms with van der Waals surface area (Å²) in [7, 11) is 2.94. The van der Waals surface area contributed by atoms with Gasteiger partial charge in [-0.05, 0) is 12.1 Å². The molecule has 0 saturated heterocycles.